The molecule has 4 heteroatoms. The van der Waals surface area contributed by atoms with Crippen LogP contribution in [0.5, 0.6) is 0 Å². The van der Waals surface area contributed by atoms with E-state index in [9.17, 15) is 4.79 Å². The van der Waals surface area contributed by atoms with E-state index in [1.807, 2.05) is 6.92 Å². The quantitative estimate of drug-likeness (QED) is 0.624. The van der Waals surface area contributed by atoms with Crippen molar-refractivity contribution in [2.45, 2.75) is 51.2 Å². The molecule has 2 aliphatic rings. The molecule has 0 heterocycles. The molecule has 2 N–H and O–H groups in total. The van der Waals surface area contributed by atoms with E-state index < -0.39 is 0 Å². The maximum Gasteiger partial charge on any atom is 0.220 e. The van der Waals surface area contributed by atoms with Crippen LogP contribution in [0.25, 0.3) is 0 Å². The van der Waals surface area contributed by atoms with Crippen LogP contribution in [0, 0.1) is 5.92 Å². The number of nitrogens with one attached hydrogen (secondary N) is 2. The third-order valence-electron chi connectivity index (χ3n) is 3.53. The average Bonchev–Trinajstić information content (AvgIpc) is 3.05. The molecule has 0 spiro atoms. The number of carbonyl (C=O) groups excluding carboxylic acids is 1. The van der Waals surface area contributed by atoms with Gasteiger partial charge in [0.1, 0.15) is 0 Å². The largest absolute Gasteiger partial charge is 0.378 e. The van der Waals surface area contributed by atoms with Crippen molar-refractivity contribution in [2.75, 3.05) is 19.7 Å². The third-order valence-corrected chi connectivity index (χ3v) is 3.53. The van der Waals surface area contributed by atoms with Gasteiger partial charge in [0.2, 0.25) is 5.91 Å². The fraction of sp³-hybridized carbons (Fsp3) is 0.923. The second kappa shape index (κ2) is 6.36. The molecule has 2 aliphatic carbocycles. The van der Waals surface area contributed by atoms with Gasteiger partial charge in [-0.3, -0.25) is 4.79 Å². The molecule has 1 amide bonds. The van der Waals surface area contributed by atoms with Gasteiger partial charge in [-0.05, 0) is 38.5 Å². The molecule has 0 bridgehead atoms. The molecule has 0 atom stereocenters. The number of carbonyl (C=O) groups is 1. The van der Waals surface area contributed by atoms with E-state index in [0.29, 0.717) is 18.4 Å². The summed E-state index contributed by atoms with van der Waals surface area (Å²) < 4.78 is 5.48. The van der Waals surface area contributed by atoms with Gasteiger partial charge in [-0.25, -0.2) is 0 Å². The van der Waals surface area contributed by atoms with E-state index in [1.165, 1.54) is 12.8 Å². The Hall–Kier alpha value is -0.610. The Labute approximate surface area is 103 Å². The minimum Gasteiger partial charge on any atom is -0.378 e. The number of ether oxygens (including phenoxy) is 1. The molecule has 98 valence electrons. The van der Waals surface area contributed by atoms with Gasteiger partial charge in [0.25, 0.3) is 0 Å². The van der Waals surface area contributed by atoms with Gasteiger partial charge in [-0.1, -0.05) is 0 Å². The van der Waals surface area contributed by atoms with E-state index in [-0.39, 0.29) is 5.91 Å². The number of hydrogen-bond donors (Lipinski definition) is 2. The first kappa shape index (κ1) is 12.8. The van der Waals surface area contributed by atoms with Crippen molar-refractivity contribution < 1.29 is 9.53 Å². The van der Waals surface area contributed by atoms with Gasteiger partial charge in [0.15, 0.2) is 0 Å². The van der Waals surface area contributed by atoms with Crippen LogP contribution in [0.15, 0.2) is 0 Å². The summed E-state index contributed by atoms with van der Waals surface area (Å²) in [6, 6.07) is 0.727. The highest BCUT2D eigenvalue weighted by Gasteiger charge is 2.30. The first-order chi connectivity index (χ1) is 8.28. The Morgan fingerprint density at radius 1 is 1.29 bits per heavy atom. The van der Waals surface area contributed by atoms with Crippen molar-refractivity contribution in [3.8, 4) is 0 Å². The molecule has 2 rings (SSSR count). The Bertz CT molecular complexity index is 248. The van der Waals surface area contributed by atoms with Crippen LogP contribution in [0.1, 0.15) is 39.0 Å². The highest BCUT2D eigenvalue weighted by atomic mass is 16.5. The summed E-state index contributed by atoms with van der Waals surface area (Å²) in [6.45, 7) is 4.48. The summed E-state index contributed by atoms with van der Waals surface area (Å²) >= 11 is 0. The molecule has 0 saturated heterocycles. The van der Waals surface area contributed by atoms with Crippen molar-refractivity contribution >= 4 is 5.91 Å². The maximum atomic E-state index is 11.6. The van der Waals surface area contributed by atoms with Crippen LogP contribution in [0.2, 0.25) is 0 Å². The lowest BCUT2D eigenvalue weighted by Gasteiger charge is -2.34. The molecule has 0 aliphatic heterocycles. The standard InChI is InChI=1S/C13H24N2O2/c1-2-17-12-7-10(8-12)9-13(16)15-6-5-14-11-3-4-11/h10-12,14H,2-9H2,1H3,(H,15,16). The Kier molecular flexibility index (Phi) is 4.80. The fourth-order valence-corrected chi connectivity index (χ4v) is 2.31. The van der Waals surface area contributed by atoms with E-state index in [1.54, 1.807) is 0 Å². The lowest BCUT2D eigenvalue weighted by atomic mass is 9.80. The van der Waals surface area contributed by atoms with E-state index in [0.717, 1.165) is 38.6 Å². The second-order valence-corrected chi connectivity index (χ2v) is 5.20. The van der Waals surface area contributed by atoms with Crippen LogP contribution in [0.3, 0.4) is 0 Å². The summed E-state index contributed by atoms with van der Waals surface area (Å²) in [4.78, 5) is 11.6. The zero-order valence-electron chi connectivity index (χ0n) is 10.7. The predicted molar refractivity (Wildman–Crippen MR) is 66.8 cm³/mol. The molecule has 0 aromatic heterocycles. The predicted octanol–water partition coefficient (Wildman–Crippen LogP) is 1.06. The van der Waals surface area contributed by atoms with Crippen molar-refractivity contribution in [3.63, 3.8) is 0 Å². The van der Waals surface area contributed by atoms with Gasteiger partial charge in [0.05, 0.1) is 6.10 Å². The van der Waals surface area contributed by atoms with Gasteiger partial charge in [-0.2, -0.15) is 0 Å². The van der Waals surface area contributed by atoms with E-state index in [4.69, 9.17) is 4.74 Å². The molecule has 2 fully saturated rings. The zero-order valence-corrected chi connectivity index (χ0v) is 10.7. The fourth-order valence-electron chi connectivity index (χ4n) is 2.31. The van der Waals surface area contributed by atoms with Crippen molar-refractivity contribution in [2.24, 2.45) is 5.92 Å². The summed E-state index contributed by atoms with van der Waals surface area (Å²) in [5.41, 5.74) is 0. The smallest absolute Gasteiger partial charge is 0.220 e. The average molecular weight is 240 g/mol. The SMILES string of the molecule is CCOC1CC(CC(=O)NCCNC2CC2)C1. The topological polar surface area (TPSA) is 50.4 Å². The number of rotatable bonds is 8. The Balaban J connectivity index is 1.44. The van der Waals surface area contributed by atoms with Crippen LogP contribution in [-0.2, 0) is 9.53 Å². The highest BCUT2D eigenvalue weighted by molar-refractivity contribution is 5.76. The van der Waals surface area contributed by atoms with Gasteiger partial charge < -0.3 is 15.4 Å². The lowest BCUT2D eigenvalue weighted by molar-refractivity contribution is -0.124. The van der Waals surface area contributed by atoms with Gasteiger partial charge in [-0.15, -0.1) is 0 Å². The van der Waals surface area contributed by atoms with Crippen molar-refractivity contribution in [3.05, 3.63) is 0 Å². The first-order valence-electron chi connectivity index (χ1n) is 6.89. The molecular weight excluding hydrogens is 216 g/mol. The summed E-state index contributed by atoms with van der Waals surface area (Å²) in [6.07, 6.45) is 5.80. The number of amides is 1. The maximum absolute atomic E-state index is 11.6. The molecular formula is C13H24N2O2. The van der Waals surface area contributed by atoms with E-state index >= 15 is 0 Å². The molecule has 0 aromatic rings. The van der Waals surface area contributed by atoms with Crippen LogP contribution in [0.4, 0.5) is 0 Å². The van der Waals surface area contributed by atoms with Crippen molar-refractivity contribution in [1.29, 1.82) is 0 Å². The summed E-state index contributed by atoms with van der Waals surface area (Å²) in [5.74, 6) is 0.741. The lowest BCUT2D eigenvalue weighted by Crippen LogP contribution is -2.37. The second-order valence-electron chi connectivity index (χ2n) is 5.20. The van der Waals surface area contributed by atoms with Gasteiger partial charge in [0, 0.05) is 32.2 Å². The monoisotopic (exact) mass is 240 g/mol. The Morgan fingerprint density at radius 2 is 2.06 bits per heavy atom. The van der Waals surface area contributed by atoms with Crippen molar-refractivity contribution in [1.82, 2.24) is 10.6 Å². The first-order valence-corrected chi connectivity index (χ1v) is 6.89. The summed E-state index contributed by atoms with van der Waals surface area (Å²) in [5, 5.41) is 6.35. The third kappa shape index (κ3) is 4.64. The normalized spacial score (nSPS) is 27.6. The molecule has 0 unspecified atom stereocenters. The minimum absolute atomic E-state index is 0.197. The zero-order chi connectivity index (χ0) is 12.1. The number of hydrogen-bond acceptors (Lipinski definition) is 3. The molecule has 0 aromatic carbocycles. The molecule has 17 heavy (non-hydrogen) atoms. The van der Waals surface area contributed by atoms with Crippen LogP contribution in [-0.4, -0.2) is 37.7 Å². The minimum atomic E-state index is 0.197. The Morgan fingerprint density at radius 3 is 2.71 bits per heavy atom. The van der Waals surface area contributed by atoms with Crippen LogP contribution < -0.4 is 10.6 Å². The highest BCUT2D eigenvalue weighted by Crippen LogP contribution is 2.32. The molecule has 4 nitrogen and oxygen atoms in total. The van der Waals surface area contributed by atoms with Crippen LogP contribution >= 0.6 is 0 Å². The summed E-state index contributed by atoms with van der Waals surface area (Å²) in [7, 11) is 0. The van der Waals surface area contributed by atoms with Gasteiger partial charge >= 0.3 is 0 Å². The molecule has 2 saturated carbocycles. The van der Waals surface area contributed by atoms with E-state index in [2.05, 4.69) is 10.6 Å². The molecule has 0 radical (unpaired) electrons.